The lowest BCUT2D eigenvalue weighted by atomic mass is 9.87. The summed E-state index contributed by atoms with van der Waals surface area (Å²) in [5.41, 5.74) is 10.9. The summed E-state index contributed by atoms with van der Waals surface area (Å²) in [7, 11) is 1.86. The number of fused-ring (bicyclic) bond motifs is 6. The van der Waals surface area contributed by atoms with Gasteiger partial charge in [-0.1, -0.05) is 115 Å². The lowest BCUT2D eigenvalue weighted by Gasteiger charge is -2.31. The molecule has 9 aromatic carbocycles. The number of nitrogens with zero attached hydrogens (tertiary/aromatic N) is 9. The first kappa shape index (κ1) is 79.1. The van der Waals surface area contributed by atoms with Gasteiger partial charge in [0.15, 0.2) is 16.6 Å². The molecule has 2 saturated carbocycles. The number of hydrogen-bond acceptors (Lipinski definition) is 15. The van der Waals surface area contributed by atoms with Crippen molar-refractivity contribution in [3.8, 4) is 74.3 Å². The second kappa shape index (κ2) is 31.9. The Labute approximate surface area is 703 Å². The lowest BCUT2D eigenvalue weighted by Crippen LogP contribution is -2.52. The van der Waals surface area contributed by atoms with E-state index in [-0.39, 0.29) is 62.5 Å². The average Bonchev–Trinajstić information content (AvgIpc) is 1.63. The van der Waals surface area contributed by atoms with Crippen molar-refractivity contribution in [1.82, 2.24) is 75.9 Å². The number of hydrogen-bond donors (Lipinski definition) is 6. The first-order chi connectivity index (χ1) is 59.5. The molecule has 3 atom stereocenters. The molecule has 3 saturated heterocycles. The standard InChI is InChI=1S/C34H31N5O4.C33H29N5O4.C27H21F2N5O4/c1-3-4-13-43-28-12-9-24-19-38(31(40)29(24)16-28)20-34(32(41)36-33(42)37-34)27-10-7-23(8-11-27)25-14-21(2)30-26(15-25)17-35-39(30)18-22-5-6-22;1-2-3-14-42-27-12-8-24-18-37(30(39)28(24)16-27)20-33(31(40)34-32(41)35-33)26-10-6-22(7-11-26)23-9-13-29-25(15-23)19-38(36-29)17-21-4-5-21;1-33-12-18-10-16(5-9-22(18)32-33)15-2-6-19(7-3-15)27(24(36)30-26(37)31-27)14-34-13-17-4-8-20(38-25(28)29)11-21(17)23(34)35/h7-12,14-17,22H,5-6,13,18-20H2,1-2H3,(H2,36,37,41,42);6-13,15-16,19,21H,4-5,14,17-18,20H2,1H3,(H2,34,35,40,41);2-12,25H,13-14H2,1H3,(H2,30,31,36,37)/t34-;33-;27-/m000/s1. The van der Waals surface area contributed by atoms with Crippen molar-refractivity contribution < 1.29 is 66.1 Å². The van der Waals surface area contributed by atoms with Crippen LogP contribution in [0.3, 0.4) is 0 Å². The van der Waals surface area contributed by atoms with E-state index in [9.17, 15) is 51.9 Å². The van der Waals surface area contributed by atoms with Crippen molar-refractivity contribution in [2.75, 3.05) is 32.8 Å². The van der Waals surface area contributed by atoms with Gasteiger partial charge in [-0.15, -0.1) is 11.8 Å². The molecule has 12 aromatic rings. The Balaban J connectivity index is 0.000000126. The molecule has 29 heteroatoms. The summed E-state index contributed by atoms with van der Waals surface area (Å²) in [4.78, 5) is 121. The zero-order valence-electron chi connectivity index (χ0n) is 67.3. The Morgan fingerprint density at radius 2 is 0.854 bits per heavy atom. The van der Waals surface area contributed by atoms with Gasteiger partial charge in [-0.2, -0.15) is 24.1 Å². The summed E-state index contributed by atoms with van der Waals surface area (Å²) in [6, 6.07) is 51.8. The van der Waals surface area contributed by atoms with Crippen LogP contribution in [0.1, 0.15) is 110 Å². The van der Waals surface area contributed by atoms with Crippen molar-refractivity contribution in [2.45, 2.75) is 102 Å². The minimum Gasteiger partial charge on any atom is -0.481 e. The van der Waals surface area contributed by atoms with Crippen molar-refractivity contribution >= 4 is 86.2 Å². The minimum absolute atomic E-state index is 0.0128. The highest BCUT2D eigenvalue weighted by Crippen LogP contribution is 2.41. The van der Waals surface area contributed by atoms with Gasteiger partial charge in [-0.3, -0.25) is 58.8 Å². The molecule has 0 bridgehead atoms. The summed E-state index contributed by atoms with van der Waals surface area (Å²) < 4.78 is 46.9. The van der Waals surface area contributed by atoms with Crippen LogP contribution in [0.15, 0.2) is 195 Å². The molecular formula is C94H81F2N15O12. The van der Waals surface area contributed by atoms with E-state index in [1.54, 1.807) is 64.7 Å². The van der Waals surface area contributed by atoms with Crippen molar-refractivity contribution in [3.05, 3.63) is 250 Å². The zero-order valence-corrected chi connectivity index (χ0v) is 67.3. The maximum Gasteiger partial charge on any atom is 0.387 e. The van der Waals surface area contributed by atoms with Crippen LogP contribution in [0.25, 0.3) is 66.1 Å². The van der Waals surface area contributed by atoms with Crippen molar-refractivity contribution in [3.63, 3.8) is 0 Å². The molecule has 6 aliphatic heterocycles. The van der Waals surface area contributed by atoms with Crippen molar-refractivity contribution in [2.24, 2.45) is 18.9 Å². The van der Waals surface area contributed by atoms with Crippen LogP contribution in [-0.4, -0.2) is 137 Å². The van der Waals surface area contributed by atoms with E-state index in [0.29, 0.717) is 58.0 Å². The largest absolute Gasteiger partial charge is 0.481 e. The number of ether oxygens (including phenoxy) is 3. The third-order valence-corrected chi connectivity index (χ3v) is 23.7. The first-order valence-electron chi connectivity index (χ1n) is 40.3. The van der Waals surface area contributed by atoms with Gasteiger partial charge in [-0.25, -0.2) is 14.4 Å². The van der Waals surface area contributed by atoms with Gasteiger partial charge in [0.25, 0.3) is 35.4 Å². The van der Waals surface area contributed by atoms with Gasteiger partial charge in [0.1, 0.15) is 30.5 Å². The smallest absolute Gasteiger partial charge is 0.387 e. The molecule has 123 heavy (non-hydrogen) atoms. The van der Waals surface area contributed by atoms with E-state index < -0.39 is 65.0 Å². The molecule has 20 rings (SSSR count). The Kier molecular flexibility index (Phi) is 20.6. The summed E-state index contributed by atoms with van der Waals surface area (Å²) in [6.45, 7) is 5.56. The number of carbonyl (C=O) groups is 9. The number of halogens is 2. The number of aryl methyl sites for hydroxylation is 2. The average molecular weight is 1650 g/mol. The fourth-order valence-corrected chi connectivity index (χ4v) is 17.1. The van der Waals surface area contributed by atoms with Crippen LogP contribution < -0.4 is 46.1 Å². The van der Waals surface area contributed by atoms with Crippen LogP contribution in [0.2, 0.25) is 0 Å². The summed E-state index contributed by atoms with van der Waals surface area (Å²) in [5.74, 6) is 11.2. The van der Waals surface area contributed by atoms with Crippen LogP contribution >= 0.6 is 0 Å². The van der Waals surface area contributed by atoms with Gasteiger partial charge in [0.05, 0.1) is 42.4 Å². The van der Waals surface area contributed by atoms with Gasteiger partial charge >= 0.3 is 24.7 Å². The number of nitrogens with one attached hydrogen (secondary N) is 6. The molecule has 3 aromatic heterocycles. The Morgan fingerprint density at radius 3 is 1.28 bits per heavy atom. The van der Waals surface area contributed by atoms with E-state index in [1.165, 1.54) is 48.2 Å². The van der Waals surface area contributed by atoms with Crippen LogP contribution in [0, 0.1) is 42.4 Å². The molecule has 5 fully saturated rings. The van der Waals surface area contributed by atoms with Gasteiger partial charge in [-0.05, 0) is 203 Å². The quantitative estimate of drug-likeness (QED) is 0.0271. The molecule has 9 heterocycles. The predicted molar refractivity (Wildman–Crippen MR) is 450 cm³/mol. The zero-order chi connectivity index (χ0) is 85.2. The van der Waals surface area contributed by atoms with Gasteiger partial charge < -0.3 is 44.9 Å². The number of alkyl halides is 2. The lowest BCUT2D eigenvalue weighted by molar-refractivity contribution is -0.125. The van der Waals surface area contributed by atoms with E-state index in [4.69, 9.17) is 14.6 Å². The minimum atomic E-state index is -3.02. The highest BCUT2D eigenvalue weighted by molar-refractivity contribution is 6.11. The molecule has 0 radical (unpaired) electrons. The summed E-state index contributed by atoms with van der Waals surface area (Å²) in [6.07, 6.45) is 11.0. The highest BCUT2D eigenvalue weighted by atomic mass is 19.3. The maximum atomic E-state index is 13.5. The van der Waals surface area contributed by atoms with Crippen LogP contribution in [0.5, 0.6) is 17.2 Å². The van der Waals surface area contributed by atoms with Crippen molar-refractivity contribution in [1.29, 1.82) is 0 Å². The Bertz CT molecular complexity index is 6530. The molecular weight excluding hydrogens is 1570 g/mol. The normalized spacial score (nSPS) is 19.1. The van der Waals surface area contributed by atoms with E-state index in [2.05, 4.69) is 107 Å². The Hall–Kier alpha value is -15.0. The molecule has 618 valence electrons. The van der Waals surface area contributed by atoms with E-state index in [0.717, 1.165) is 102 Å². The van der Waals surface area contributed by atoms with Gasteiger partial charge in [0.2, 0.25) is 0 Å². The van der Waals surface area contributed by atoms with E-state index >= 15 is 0 Å². The molecule has 0 unspecified atom stereocenters. The molecule has 2 aliphatic carbocycles. The van der Waals surface area contributed by atoms with Crippen LogP contribution in [0.4, 0.5) is 23.2 Å². The SMILES string of the molecule is CC#CCOc1ccc2c(c1)C(=O)N(C[C@@]1(c3ccc(-c4cc(C)c5c(cnn5CC5CC5)c4)cc3)NC(=O)NC1=O)C2.CC#CCOc1ccc2c(c1)C(=O)N(C[C@@]1(c3ccc(-c4ccc5nn(CC6CC6)cc5c4)cc3)NC(=O)NC1=O)C2.Cn1cc2cc(-c3ccc([C@]4(CN5Cc6ccc(OC(F)F)cc6C5=O)NC(=O)NC4=O)cc3)ccc2n1. The number of aromatic nitrogens is 6. The molecule has 0 spiro atoms. The molecule has 6 N–H and O–H groups in total. The fraction of sp³-hybridized carbons (Fsp3) is 0.255. The summed E-state index contributed by atoms with van der Waals surface area (Å²) in [5, 5.41) is 32.3. The first-order valence-corrected chi connectivity index (χ1v) is 40.3. The number of rotatable bonds is 22. The molecule has 27 nitrogen and oxygen atoms in total. The summed E-state index contributed by atoms with van der Waals surface area (Å²) >= 11 is 0. The monoisotopic (exact) mass is 1650 g/mol. The molecule has 8 aliphatic rings. The third-order valence-electron chi connectivity index (χ3n) is 23.7. The van der Waals surface area contributed by atoms with Crippen LogP contribution in [-0.2, 0) is 70.8 Å². The van der Waals surface area contributed by atoms with Gasteiger partial charge in [0, 0.05) is 85.0 Å². The predicted octanol–water partition coefficient (Wildman–Crippen LogP) is 12.3. The number of urea groups is 3. The number of imide groups is 3. The number of amides is 12. The second-order valence-electron chi connectivity index (χ2n) is 32.1. The van der Waals surface area contributed by atoms with E-state index in [1.807, 2.05) is 133 Å². The highest BCUT2D eigenvalue weighted by Gasteiger charge is 2.54. The third kappa shape index (κ3) is 15.6. The maximum absolute atomic E-state index is 13.5. The fourth-order valence-electron chi connectivity index (χ4n) is 17.1. The second-order valence-corrected chi connectivity index (χ2v) is 32.1. The Morgan fingerprint density at radius 1 is 0.455 bits per heavy atom. The molecule has 12 amide bonds. The number of carbonyl (C=O) groups excluding carboxylic acids is 9. The number of benzene rings is 9. The topological polar surface area (TPSA) is 317 Å².